The Morgan fingerprint density at radius 1 is 1.42 bits per heavy atom. The van der Waals surface area contributed by atoms with Crippen molar-refractivity contribution in [2.75, 3.05) is 13.2 Å². The molecule has 3 heteroatoms. The van der Waals surface area contributed by atoms with Gasteiger partial charge < -0.3 is 9.47 Å². The van der Waals surface area contributed by atoms with Gasteiger partial charge in [0.25, 0.3) is 0 Å². The summed E-state index contributed by atoms with van der Waals surface area (Å²) < 4.78 is 10.9. The molecule has 0 spiro atoms. The van der Waals surface area contributed by atoms with Crippen molar-refractivity contribution in [3.05, 3.63) is 12.2 Å². The van der Waals surface area contributed by atoms with Crippen molar-refractivity contribution in [3.63, 3.8) is 0 Å². The summed E-state index contributed by atoms with van der Waals surface area (Å²) in [5.74, 6) is -0.459. The van der Waals surface area contributed by atoms with Crippen LogP contribution in [0.4, 0.5) is 0 Å². The summed E-state index contributed by atoms with van der Waals surface area (Å²) in [6, 6.07) is 0. The Kier molecular flexibility index (Phi) is 3.44. The summed E-state index contributed by atoms with van der Waals surface area (Å²) in [6.07, 6.45) is 5.49. The quantitative estimate of drug-likeness (QED) is 0.471. The predicted octanol–water partition coefficient (Wildman–Crippen LogP) is 1.28. The molecule has 12 heavy (non-hydrogen) atoms. The van der Waals surface area contributed by atoms with Crippen LogP contribution in [0.25, 0.3) is 0 Å². The average Bonchev–Trinajstić information content (AvgIpc) is 2.55. The molecule has 0 saturated carbocycles. The number of ether oxygens (including phenoxy) is 2. The molecule has 0 amide bonds. The van der Waals surface area contributed by atoms with Gasteiger partial charge in [-0.25, -0.2) is 0 Å². The number of hydrogen-bond acceptors (Lipinski definition) is 3. The first-order valence-corrected chi connectivity index (χ1v) is 4.21. The number of allylic oxidation sites excluding steroid dienone is 1. The van der Waals surface area contributed by atoms with Crippen molar-refractivity contribution in [1.82, 2.24) is 0 Å². The molecule has 0 aliphatic carbocycles. The highest BCUT2D eigenvalue weighted by Crippen LogP contribution is 2.27. The maximum atomic E-state index is 10.0. The van der Waals surface area contributed by atoms with Crippen LogP contribution in [0.1, 0.15) is 19.8 Å². The maximum absolute atomic E-state index is 10.0. The van der Waals surface area contributed by atoms with Gasteiger partial charge in [0.1, 0.15) is 6.29 Å². The minimum Gasteiger partial charge on any atom is -0.347 e. The molecule has 1 saturated heterocycles. The van der Waals surface area contributed by atoms with E-state index in [9.17, 15) is 4.79 Å². The lowest BCUT2D eigenvalue weighted by molar-refractivity contribution is -0.155. The number of aldehydes is 1. The summed E-state index contributed by atoms with van der Waals surface area (Å²) in [6.45, 7) is 3.33. The number of carbonyl (C=O) groups is 1. The standard InChI is InChI=1S/C9H14O3/c1-2-9(5-3-4-6-10)11-7-8-12-9/h3-4,6H,2,5,7-8H2,1H3/b4-3+. The van der Waals surface area contributed by atoms with E-state index < -0.39 is 5.79 Å². The van der Waals surface area contributed by atoms with E-state index >= 15 is 0 Å². The maximum Gasteiger partial charge on any atom is 0.171 e. The highest BCUT2D eigenvalue weighted by atomic mass is 16.7. The van der Waals surface area contributed by atoms with Crippen LogP contribution >= 0.6 is 0 Å². The average molecular weight is 170 g/mol. The van der Waals surface area contributed by atoms with Crippen molar-refractivity contribution in [3.8, 4) is 0 Å². The lowest BCUT2D eigenvalue weighted by Gasteiger charge is -2.23. The van der Waals surface area contributed by atoms with Gasteiger partial charge in [0.2, 0.25) is 0 Å². The second-order valence-electron chi connectivity index (χ2n) is 2.73. The summed E-state index contributed by atoms with van der Waals surface area (Å²) in [5.41, 5.74) is 0. The zero-order valence-corrected chi connectivity index (χ0v) is 7.29. The van der Waals surface area contributed by atoms with E-state index in [2.05, 4.69) is 0 Å². The van der Waals surface area contributed by atoms with Crippen LogP contribution < -0.4 is 0 Å². The van der Waals surface area contributed by atoms with Gasteiger partial charge in [0.15, 0.2) is 5.79 Å². The first kappa shape index (κ1) is 9.42. The van der Waals surface area contributed by atoms with Gasteiger partial charge in [-0.3, -0.25) is 4.79 Å². The zero-order valence-electron chi connectivity index (χ0n) is 7.29. The fourth-order valence-corrected chi connectivity index (χ4v) is 1.27. The number of rotatable bonds is 4. The van der Waals surface area contributed by atoms with Crippen LogP contribution in [0, 0.1) is 0 Å². The normalized spacial score (nSPS) is 21.8. The van der Waals surface area contributed by atoms with Crippen LogP contribution in [0.5, 0.6) is 0 Å². The van der Waals surface area contributed by atoms with Gasteiger partial charge in [-0.15, -0.1) is 0 Å². The Morgan fingerprint density at radius 3 is 2.58 bits per heavy atom. The molecule has 0 unspecified atom stereocenters. The molecule has 0 radical (unpaired) electrons. The summed E-state index contributed by atoms with van der Waals surface area (Å²) in [4.78, 5) is 10.0. The monoisotopic (exact) mass is 170 g/mol. The van der Waals surface area contributed by atoms with Crippen molar-refractivity contribution >= 4 is 6.29 Å². The molecule has 3 nitrogen and oxygen atoms in total. The molecule has 1 rings (SSSR count). The Balaban J connectivity index is 2.43. The minimum absolute atomic E-state index is 0.459. The van der Waals surface area contributed by atoms with Crippen LogP contribution in [0.2, 0.25) is 0 Å². The second kappa shape index (κ2) is 4.38. The molecule has 0 aromatic heterocycles. The smallest absolute Gasteiger partial charge is 0.171 e. The lowest BCUT2D eigenvalue weighted by atomic mass is 10.1. The summed E-state index contributed by atoms with van der Waals surface area (Å²) in [5, 5.41) is 0. The molecule has 1 fully saturated rings. The molecular formula is C9H14O3. The van der Waals surface area contributed by atoms with Crippen LogP contribution in [0.3, 0.4) is 0 Å². The van der Waals surface area contributed by atoms with Gasteiger partial charge >= 0.3 is 0 Å². The van der Waals surface area contributed by atoms with Gasteiger partial charge in [-0.1, -0.05) is 13.0 Å². The van der Waals surface area contributed by atoms with E-state index in [4.69, 9.17) is 9.47 Å². The van der Waals surface area contributed by atoms with E-state index in [1.165, 1.54) is 6.08 Å². The molecule has 0 aromatic rings. The van der Waals surface area contributed by atoms with Crippen molar-refractivity contribution < 1.29 is 14.3 Å². The van der Waals surface area contributed by atoms with Gasteiger partial charge in [-0.05, 0) is 12.5 Å². The van der Waals surface area contributed by atoms with E-state index in [0.29, 0.717) is 19.6 Å². The van der Waals surface area contributed by atoms with E-state index in [1.54, 1.807) is 6.08 Å². The zero-order chi connectivity index (χ0) is 8.86. The van der Waals surface area contributed by atoms with Gasteiger partial charge in [-0.2, -0.15) is 0 Å². The van der Waals surface area contributed by atoms with E-state index in [-0.39, 0.29) is 0 Å². The Bertz CT molecular complexity index is 169. The first-order valence-electron chi connectivity index (χ1n) is 4.21. The Morgan fingerprint density at radius 2 is 2.08 bits per heavy atom. The third kappa shape index (κ3) is 2.16. The largest absolute Gasteiger partial charge is 0.347 e. The van der Waals surface area contributed by atoms with Crippen LogP contribution in [-0.2, 0) is 14.3 Å². The molecular weight excluding hydrogens is 156 g/mol. The van der Waals surface area contributed by atoms with E-state index in [0.717, 1.165) is 12.7 Å². The number of hydrogen-bond donors (Lipinski definition) is 0. The van der Waals surface area contributed by atoms with Crippen LogP contribution in [0.15, 0.2) is 12.2 Å². The molecule has 0 aromatic carbocycles. The predicted molar refractivity (Wildman–Crippen MR) is 44.7 cm³/mol. The SMILES string of the molecule is CCC1(C/C=C/C=O)OCCO1. The third-order valence-corrected chi connectivity index (χ3v) is 2.00. The molecule has 1 heterocycles. The molecule has 0 N–H and O–H groups in total. The second-order valence-corrected chi connectivity index (χ2v) is 2.73. The minimum atomic E-state index is -0.459. The fourth-order valence-electron chi connectivity index (χ4n) is 1.27. The van der Waals surface area contributed by atoms with Crippen molar-refractivity contribution in [1.29, 1.82) is 0 Å². The number of carbonyl (C=O) groups excluding carboxylic acids is 1. The van der Waals surface area contributed by atoms with Crippen LogP contribution in [-0.4, -0.2) is 25.3 Å². The Hall–Kier alpha value is -0.670. The highest BCUT2D eigenvalue weighted by molar-refractivity contribution is 5.64. The third-order valence-electron chi connectivity index (χ3n) is 2.00. The molecule has 0 bridgehead atoms. The summed E-state index contributed by atoms with van der Waals surface area (Å²) >= 11 is 0. The van der Waals surface area contributed by atoms with Crippen molar-refractivity contribution in [2.24, 2.45) is 0 Å². The van der Waals surface area contributed by atoms with Gasteiger partial charge in [0.05, 0.1) is 13.2 Å². The highest BCUT2D eigenvalue weighted by Gasteiger charge is 2.32. The van der Waals surface area contributed by atoms with Gasteiger partial charge in [0, 0.05) is 6.42 Å². The topological polar surface area (TPSA) is 35.5 Å². The van der Waals surface area contributed by atoms with E-state index in [1.807, 2.05) is 6.92 Å². The Labute approximate surface area is 72.4 Å². The summed E-state index contributed by atoms with van der Waals surface area (Å²) in [7, 11) is 0. The lowest BCUT2D eigenvalue weighted by Crippen LogP contribution is -2.28. The molecule has 0 atom stereocenters. The fraction of sp³-hybridized carbons (Fsp3) is 0.667. The molecule has 1 aliphatic rings. The molecule has 1 aliphatic heterocycles. The molecule has 68 valence electrons. The van der Waals surface area contributed by atoms with Crippen molar-refractivity contribution in [2.45, 2.75) is 25.6 Å². The first-order chi connectivity index (χ1) is 5.83.